The van der Waals surface area contributed by atoms with E-state index in [9.17, 15) is 4.79 Å². The van der Waals surface area contributed by atoms with Crippen molar-refractivity contribution < 1.29 is 4.79 Å². The van der Waals surface area contributed by atoms with Gasteiger partial charge in [-0.1, -0.05) is 27.2 Å². The Morgan fingerprint density at radius 2 is 1.95 bits per heavy atom. The minimum Gasteiger partial charge on any atom is -0.320 e. The van der Waals surface area contributed by atoms with Crippen molar-refractivity contribution in [3.63, 3.8) is 0 Å². The molecule has 2 fully saturated rings. The average Bonchev–Trinajstić information content (AvgIpc) is 3.05. The Balaban J connectivity index is 2.00. The van der Waals surface area contributed by atoms with Crippen molar-refractivity contribution in [2.45, 2.75) is 71.8 Å². The number of thiazole rings is 1. The third-order valence-corrected chi connectivity index (χ3v) is 6.24. The van der Waals surface area contributed by atoms with E-state index in [4.69, 9.17) is 0 Å². The molecule has 0 unspecified atom stereocenters. The van der Waals surface area contributed by atoms with E-state index < -0.39 is 0 Å². The van der Waals surface area contributed by atoms with Gasteiger partial charge in [0.2, 0.25) is 0 Å². The monoisotopic (exact) mass is 306 g/mol. The van der Waals surface area contributed by atoms with Crippen LogP contribution in [0.15, 0.2) is 4.99 Å². The standard InChI is InChI=1S/C17H26N2OS/c1-11-14(17(2,3)4)21-16(19(11)10-12-8-9-12)18-15(20)13-6-5-7-13/h12-13H,5-10H2,1-4H3. The van der Waals surface area contributed by atoms with E-state index in [1.807, 2.05) is 0 Å². The van der Waals surface area contributed by atoms with Crippen LogP contribution in [0.3, 0.4) is 0 Å². The van der Waals surface area contributed by atoms with Gasteiger partial charge in [0, 0.05) is 23.0 Å². The number of carbonyl (C=O) groups is 1. The maximum atomic E-state index is 12.2. The summed E-state index contributed by atoms with van der Waals surface area (Å²) in [5.41, 5.74) is 1.42. The summed E-state index contributed by atoms with van der Waals surface area (Å²) in [7, 11) is 0. The molecule has 3 rings (SSSR count). The molecule has 21 heavy (non-hydrogen) atoms. The molecule has 0 aromatic carbocycles. The molecular formula is C17H26N2OS. The highest BCUT2D eigenvalue weighted by Gasteiger charge is 2.28. The van der Waals surface area contributed by atoms with Crippen molar-refractivity contribution in [3.05, 3.63) is 15.4 Å². The molecule has 1 aromatic heterocycles. The summed E-state index contributed by atoms with van der Waals surface area (Å²) in [6.07, 6.45) is 5.89. The number of amides is 1. The minimum atomic E-state index is 0.104. The number of hydrogen-bond donors (Lipinski definition) is 0. The van der Waals surface area contributed by atoms with Gasteiger partial charge in [-0.05, 0) is 43.9 Å². The molecule has 0 aliphatic heterocycles. The Morgan fingerprint density at radius 3 is 2.43 bits per heavy atom. The van der Waals surface area contributed by atoms with E-state index in [1.165, 1.54) is 29.8 Å². The molecule has 0 saturated heterocycles. The molecule has 1 heterocycles. The van der Waals surface area contributed by atoms with Gasteiger partial charge in [-0.3, -0.25) is 4.79 Å². The first-order valence-corrected chi connectivity index (χ1v) is 8.97. The summed E-state index contributed by atoms with van der Waals surface area (Å²) < 4.78 is 2.31. The molecule has 2 aliphatic carbocycles. The fourth-order valence-corrected chi connectivity index (χ4v) is 4.08. The van der Waals surface area contributed by atoms with Gasteiger partial charge < -0.3 is 4.57 Å². The minimum absolute atomic E-state index is 0.104. The largest absolute Gasteiger partial charge is 0.320 e. The molecule has 116 valence electrons. The van der Waals surface area contributed by atoms with Crippen molar-refractivity contribution in [2.24, 2.45) is 16.8 Å². The molecule has 4 heteroatoms. The molecular weight excluding hydrogens is 280 g/mol. The lowest BCUT2D eigenvalue weighted by molar-refractivity contribution is -0.124. The molecule has 2 aliphatic rings. The Morgan fingerprint density at radius 1 is 1.29 bits per heavy atom. The van der Waals surface area contributed by atoms with E-state index >= 15 is 0 Å². The van der Waals surface area contributed by atoms with Crippen LogP contribution in [0.25, 0.3) is 0 Å². The molecule has 2 saturated carbocycles. The lowest BCUT2D eigenvalue weighted by atomic mass is 9.85. The highest BCUT2D eigenvalue weighted by atomic mass is 32.1. The predicted molar refractivity (Wildman–Crippen MR) is 86.4 cm³/mol. The van der Waals surface area contributed by atoms with E-state index in [-0.39, 0.29) is 17.2 Å². The maximum absolute atomic E-state index is 12.2. The summed E-state index contributed by atoms with van der Waals surface area (Å²) in [5.74, 6) is 1.09. The second kappa shape index (κ2) is 5.38. The molecule has 0 bridgehead atoms. The van der Waals surface area contributed by atoms with Gasteiger partial charge in [0.25, 0.3) is 5.91 Å². The van der Waals surface area contributed by atoms with E-state index in [1.54, 1.807) is 11.3 Å². The number of nitrogens with zero attached hydrogens (tertiary/aromatic N) is 2. The number of aromatic nitrogens is 1. The van der Waals surface area contributed by atoms with E-state index in [2.05, 4.69) is 37.3 Å². The van der Waals surface area contributed by atoms with E-state index in [0.29, 0.717) is 0 Å². The van der Waals surface area contributed by atoms with Crippen LogP contribution >= 0.6 is 11.3 Å². The summed E-state index contributed by atoms with van der Waals surface area (Å²) >= 11 is 1.72. The molecule has 0 N–H and O–H groups in total. The third kappa shape index (κ3) is 3.15. The highest BCUT2D eigenvalue weighted by Crippen LogP contribution is 2.34. The molecule has 1 aromatic rings. The number of carbonyl (C=O) groups excluding carboxylic acids is 1. The number of rotatable bonds is 3. The quantitative estimate of drug-likeness (QED) is 0.836. The van der Waals surface area contributed by atoms with Gasteiger partial charge in [-0.2, -0.15) is 4.99 Å². The predicted octanol–water partition coefficient (Wildman–Crippen LogP) is 3.79. The number of hydrogen-bond acceptors (Lipinski definition) is 2. The van der Waals surface area contributed by atoms with Gasteiger partial charge in [0.1, 0.15) is 0 Å². The summed E-state index contributed by atoms with van der Waals surface area (Å²) in [6, 6.07) is 0. The summed E-state index contributed by atoms with van der Waals surface area (Å²) in [6.45, 7) is 9.95. The summed E-state index contributed by atoms with van der Waals surface area (Å²) in [5, 5.41) is 0. The first kappa shape index (κ1) is 15.0. The molecule has 1 amide bonds. The van der Waals surface area contributed by atoms with Crippen LogP contribution in [0.4, 0.5) is 0 Å². The van der Waals surface area contributed by atoms with Gasteiger partial charge >= 0.3 is 0 Å². The molecule has 0 radical (unpaired) electrons. The Bertz CT molecular complexity index is 610. The van der Waals surface area contributed by atoms with Crippen molar-refractivity contribution >= 4 is 17.2 Å². The normalized spacial score (nSPS) is 20.7. The van der Waals surface area contributed by atoms with Crippen LogP contribution in [0, 0.1) is 18.8 Å². The maximum Gasteiger partial charge on any atom is 0.251 e. The third-order valence-electron chi connectivity index (χ3n) is 4.64. The Labute approximate surface area is 131 Å². The zero-order chi connectivity index (χ0) is 15.2. The van der Waals surface area contributed by atoms with Crippen LogP contribution < -0.4 is 4.80 Å². The lowest BCUT2D eigenvalue weighted by Gasteiger charge is -2.20. The van der Waals surface area contributed by atoms with Gasteiger partial charge in [0.05, 0.1) is 0 Å². The molecule has 3 nitrogen and oxygen atoms in total. The molecule has 0 atom stereocenters. The van der Waals surface area contributed by atoms with Crippen molar-refractivity contribution in [3.8, 4) is 0 Å². The first-order valence-electron chi connectivity index (χ1n) is 8.15. The highest BCUT2D eigenvalue weighted by molar-refractivity contribution is 7.09. The van der Waals surface area contributed by atoms with E-state index in [0.717, 1.165) is 30.1 Å². The second-order valence-electron chi connectivity index (χ2n) is 7.68. The smallest absolute Gasteiger partial charge is 0.251 e. The van der Waals surface area contributed by atoms with Crippen LogP contribution in [0.1, 0.15) is 63.4 Å². The van der Waals surface area contributed by atoms with Crippen molar-refractivity contribution in [1.29, 1.82) is 0 Å². The van der Waals surface area contributed by atoms with Gasteiger partial charge in [-0.15, -0.1) is 11.3 Å². The van der Waals surface area contributed by atoms with Gasteiger partial charge in [0.15, 0.2) is 4.80 Å². The fraction of sp³-hybridized carbons (Fsp3) is 0.765. The van der Waals surface area contributed by atoms with Crippen molar-refractivity contribution in [1.82, 2.24) is 4.57 Å². The van der Waals surface area contributed by atoms with Crippen LogP contribution in [0.2, 0.25) is 0 Å². The van der Waals surface area contributed by atoms with Crippen molar-refractivity contribution in [2.75, 3.05) is 0 Å². The summed E-state index contributed by atoms with van der Waals surface area (Å²) in [4.78, 5) is 19.0. The lowest BCUT2D eigenvalue weighted by Crippen LogP contribution is -2.25. The zero-order valence-corrected chi connectivity index (χ0v) is 14.4. The first-order chi connectivity index (χ1) is 9.86. The topological polar surface area (TPSA) is 34.4 Å². The SMILES string of the molecule is Cc1c(C(C)(C)C)sc(=NC(=O)C2CCC2)n1CC1CC1. The zero-order valence-electron chi connectivity index (χ0n) is 13.6. The Kier molecular flexibility index (Phi) is 3.85. The second-order valence-corrected chi connectivity index (χ2v) is 8.66. The average molecular weight is 306 g/mol. The van der Waals surface area contributed by atoms with Gasteiger partial charge in [-0.25, -0.2) is 0 Å². The Hall–Kier alpha value is -0.900. The van der Waals surface area contributed by atoms with Crippen LogP contribution in [-0.2, 0) is 16.8 Å². The fourth-order valence-electron chi connectivity index (χ4n) is 2.88. The van der Waals surface area contributed by atoms with Crippen LogP contribution in [-0.4, -0.2) is 10.5 Å². The van der Waals surface area contributed by atoms with Crippen LogP contribution in [0.5, 0.6) is 0 Å². The molecule has 0 spiro atoms.